The Balaban J connectivity index is 1.43. The van der Waals surface area contributed by atoms with Gasteiger partial charge in [-0.3, -0.25) is 0 Å². The summed E-state index contributed by atoms with van der Waals surface area (Å²) in [5, 5.41) is 2.91. The molecule has 0 atom stereocenters. The van der Waals surface area contributed by atoms with Crippen molar-refractivity contribution >= 4 is 23.9 Å². The van der Waals surface area contributed by atoms with Gasteiger partial charge >= 0.3 is 0 Å². The highest BCUT2D eigenvalue weighted by Crippen LogP contribution is 2.22. The first-order valence-electron chi connectivity index (χ1n) is 12.9. The average Bonchev–Trinajstić information content (AvgIpc) is 3.02. The largest absolute Gasteiger partial charge is 0.421 e. The van der Waals surface area contributed by atoms with Gasteiger partial charge in [0.05, 0.1) is 0 Å². The summed E-state index contributed by atoms with van der Waals surface area (Å²) < 4.78 is 0. The highest BCUT2D eigenvalue weighted by molar-refractivity contribution is 7.06. The summed E-state index contributed by atoms with van der Waals surface area (Å²) in [4.78, 5) is 12.6. The van der Waals surface area contributed by atoms with E-state index in [1.807, 2.05) is 18.2 Å². The SMILES string of the molecule is O[Si](c1ccc(-c2ccccc2)cc1)(c1ccc(-c2ccccc2)cc1)c1ccc(-c2ccccc2)cc1. The van der Waals surface area contributed by atoms with E-state index in [9.17, 15) is 4.80 Å². The van der Waals surface area contributed by atoms with Crippen LogP contribution in [0.4, 0.5) is 0 Å². The number of rotatable bonds is 6. The number of hydrogen-bond donors (Lipinski definition) is 1. The minimum Gasteiger partial charge on any atom is -0.421 e. The normalized spacial score (nSPS) is 11.3. The highest BCUT2D eigenvalue weighted by atomic mass is 28.4. The lowest BCUT2D eigenvalue weighted by atomic mass is 10.1. The van der Waals surface area contributed by atoms with Gasteiger partial charge in [-0.25, -0.2) is 0 Å². The molecule has 6 rings (SSSR count). The Bertz CT molecular complexity index is 1410. The summed E-state index contributed by atoms with van der Waals surface area (Å²) in [5.74, 6) is 0. The standard InChI is InChI=1S/C36H28OSi/c37-38(34-22-16-31(17-23-34)28-10-4-1-5-11-28,35-24-18-32(19-25-35)29-12-6-2-7-13-29)36-26-20-33(21-27-36)30-14-8-3-9-15-30/h1-27,37H. The Hall–Kier alpha value is -4.50. The minimum atomic E-state index is -3.25. The van der Waals surface area contributed by atoms with Crippen molar-refractivity contribution in [1.29, 1.82) is 0 Å². The lowest BCUT2D eigenvalue weighted by Crippen LogP contribution is -2.67. The highest BCUT2D eigenvalue weighted by Gasteiger charge is 2.38. The third-order valence-electron chi connectivity index (χ3n) is 7.23. The molecule has 0 aromatic heterocycles. The summed E-state index contributed by atoms with van der Waals surface area (Å²) in [6.07, 6.45) is 0. The predicted octanol–water partition coefficient (Wildman–Crippen LogP) is 6.65. The number of benzene rings is 6. The molecular weight excluding hydrogens is 476 g/mol. The van der Waals surface area contributed by atoms with Crippen LogP contribution in [-0.2, 0) is 0 Å². The van der Waals surface area contributed by atoms with Crippen LogP contribution in [0, 0.1) is 0 Å². The quantitative estimate of drug-likeness (QED) is 0.199. The molecular formula is C36H28OSi. The molecule has 0 bridgehead atoms. The van der Waals surface area contributed by atoms with Crippen LogP contribution in [0.5, 0.6) is 0 Å². The molecule has 0 radical (unpaired) electrons. The fourth-order valence-corrected chi connectivity index (χ4v) is 8.05. The molecule has 0 saturated heterocycles. The minimum absolute atomic E-state index is 0.970. The molecule has 0 heterocycles. The third kappa shape index (κ3) is 4.64. The van der Waals surface area contributed by atoms with Crippen LogP contribution in [0.25, 0.3) is 33.4 Å². The first-order valence-corrected chi connectivity index (χ1v) is 14.9. The Kier molecular flexibility index (Phi) is 6.57. The van der Waals surface area contributed by atoms with Crippen LogP contribution in [0.15, 0.2) is 164 Å². The molecule has 1 N–H and O–H groups in total. The van der Waals surface area contributed by atoms with Gasteiger partial charge < -0.3 is 4.80 Å². The van der Waals surface area contributed by atoms with E-state index in [-0.39, 0.29) is 0 Å². The summed E-state index contributed by atoms with van der Waals surface area (Å²) >= 11 is 0. The van der Waals surface area contributed by atoms with E-state index in [0.29, 0.717) is 0 Å². The zero-order valence-electron chi connectivity index (χ0n) is 21.0. The first kappa shape index (κ1) is 23.9. The zero-order chi connectivity index (χ0) is 25.8. The molecule has 38 heavy (non-hydrogen) atoms. The van der Waals surface area contributed by atoms with Crippen molar-refractivity contribution in [2.45, 2.75) is 0 Å². The van der Waals surface area contributed by atoms with Gasteiger partial charge in [-0.15, -0.1) is 0 Å². The maximum Gasteiger partial charge on any atom is 0.285 e. The smallest absolute Gasteiger partial charge is 0.285 e. The fourth-order valence-electron chi connectivity index (χ4n) is 5.10. The molecule has 2 heteroatoms. The Morgan fingerprint density at radius 3 is 0.711 bits per heavy atom. The molecule has 1 nitrogen and oxygen atoms in total. The molecule has 0 amide bonds. The summed E-state index contributed by atoms with van der Waals surface area (Å²) in [7, 11) is -3.25. The molecule has 0 aliphatic heterocycles. The molecule has 182 valence electrons. The van der Waals surface area contributed by atoms with Crippen molar-refractivity contribution in [3.8, 4) is 33.4 Å². The lowest BCUT2D eigenvalue weighted by Gasteiger charge is -2.27. The molecule has 6 aromatic rings. The molecule has 0 saturated carbocycles. The van der Waals surface area contributed by atoms with Crippen LogP contribution in [0.1, 0.15) is 0 Å². The molecule has 0 spiro atoms. The van der Waals surface area contributed by atoms with Crippen LogP contribution in [0.2, 0.25) is 0 Å². The summed E-state index contributed by atoms with van der Waals surface area (Å²) in [5.41, 5.74) is 6.94. The predicted molar refractivity (Wildman–Crippen MR) is 163 cm³/mol. The van der Waals surface area contributed by atoms with Crippen LogP contribution >= 0.6 is 0 Å². The van der Waals surface area contributed by atoms with E-state index in [4.69, 9.17) is 0 Å². The maximum atomic E-state index is 12.6. The first-order chi connectivity index (χ1) is 18.7. The van der Waals surface area contributed by atoms with Gasteiger partial charge in [0.1, 0.15) is 0 Å². The van der Waals surface area contributed by atoms with Gasteiger partial charge in [0, 0.05) is 0 Å². The van der Waals surface area contributed by atoms with Crippen LogP contribution in [-0.4, -0.2) is 13.1 Å². The molecule has 0 aliphatic carbocycles. The van der Waals surface area contributed by atoms with Gasteiger partial charge in [-0.05, 0) is 48.9 Å². The van der Waals surface area contributed by atoms with E-state index in [0.717, 1.165) is 32.3 Å². The molecule has 0 fully saturated rings. The van der Waals surface area contributed by atoms with Crippen molar-refractivity contribution in [2.24, 2.45) is 0 Å². The topological polar surface area (TPSA) is 20.2 Å². The van der Waals surface area contributed by atoms with Crippen LogP contribution < -0.4 is 15.6 Å². The average molecular weight is 505 g/mol. The second-order valence-electron chi connectivity index (χ2n) is 9.54. The molecule has 6 aromatic carbocycles. The monoisotopic (exact) mass is 504 g/mol. The van der Waals surface area contributed by atoms with Crippen molar-refractivity contribution in [3.63, 3.8) is 0 Å². The summed E-state index contributed by atoms with van der Waals surface area (Å²) in [6, 6.07) is 56.4. The van der Waals surface area contributed by atoms with Gasteiger partial charge in [0.25, 0.3) is 8.32 Å². The zero-order valence-corrected chi connectivity index (χ0v) is 22.0. The number of hydrogen-bond acceptors (Lipinski definition) is 1. The van der Waals surface area contributed by atoms with E-state index >= 15 is 0 Å². The third-order valence-corrected chi connectivity index (χ3v) is 10.7. The van der Waals surface area contributed by atoms with E-state index in [1.54, 1.807) is 0 Å². The Morgan fingerprint density at radius 1 is 0.263 bits per heavy atom. The van der Waals surface area contributed by atoms with Gasteiger partial charge in [-0.1, -0.05) is 164 Å². The molecule has 0 aliphatic rings. The second-order valence-corrected chi connectivity index (χ2v) is 12.7. The van der Waals surface area contributed by atoms with E-state index in [1.165, 1.54) is 16.7 Å². The van der Waals surface area contributed by atoms with Gasteiger partial charge in [0.2, 0.25) is 0 Å². The van der Waals surface area contributed by atoms with E-state index < -0.39 is 8.32 Å². The van der Waals surface area contributed by atoms with Gasteiger partial charge in [-0.2, -0.15) is 0 Å². The maximum absolute atomic E-state index is 12.6. The Morgan fingerprint density at radius 2 is 0.474 bits per heavy atom. The van der Waals surface area contributed by atoms with Crippen molar-refractivity contribution in [2.75, 3.05) is 0 Å². The van der Waals surface area contributed by atoms with E-state index in [2.05, 4.69) is 146 Å². The lowest BCUT2D eigenvalue weighted by molar-refractivity contribution is 0.583. The molecule has 0 unspecified atom stereocenters. The van der Waals surface area contributed by atoms with Crippen molar-refractivity contribution in [1.82, 2.24) is 0 Å². The fraction of sp³-hybridized carbons (Fsp3) is 0. The second kappa shape index (κ2) is 10.5. The Labute approximate surface area is 225 Å². The van der Waals surface area contributed by atoms with Crippen LogP contribution in [0.3, 0.4) is 0 Å². The van der Waals surface area contributed by atoms with Gasteiger partial charge in [0.15, 0.2) is 0 Å². The van der Waals surface area contributed by atoms with Crippen molar-refractivity contribution < 1.29 is 4.80 Å². The van der Waals surface area contributed by atoms with Crippen molar-refractivity contribution in [3.05, 3.63) is 164 Å². The summed E-state index contributed by atoms with van der Waals surface area (Å²) in [6.45, 7) is 0.